The first-order chi connectivity index (χ1) is 11.8. The summed E-state index contributed by atoms with van der Waals surface area (Å²) >= 11 is 1.31. The molecule has 9 heteroatoms. The predicted octanol–water partition coefficient (Wildman–Crippen LogP) is 3.87. The number of carbonyl (C=O) groups is 2. The first-order valence-corrected chi connectivity index (χ1v) is 8.01. The van der Waals surface area contributed by atoms with Crippen LogP contribution < -0.4 is 10.1 Å². The third kappa shape index (κ3) is 6.94. The van der Waals surface area contributed by atoms with E-state index in [1.54, 1.807) is 29.6 Å². The van der Waals surface area contributed by atoms with Gasteiger partial charge in [-0.25, -0.2) is 0 Å². The molecule has 0 saturated heterocycles. The average Bonchev–Trinajstić information content (AvgIpc) is 3.07. The lowest BCUT2D eigenvalue weighted by atomic mass is 10.3. The standard InChI is InChI=1S/C16H14F3NO4S/c17-16(18,19)10-23-8-7-14(21)24-12-5-3-11(4-6-12)20-15(22)13-2-1-9-25-13/h1-6,9H,7-8,10H2,(H,20,22). The largest absolute Gasteiger partial charge is 0.426 e. The van der Waals surface area contributed by atoms with E-state index in [9.17, 15) is 22.8 Å². The van der Waals surface area contributed by atoms with Crippen LogP contribution in [0.4, 0.5) is 18.9 Å². The molecule has 25 heavy (non-hydrogen) atoms. The van der Waals surface area contributed by atoms with Crippen LogP contribution in [0.1, 0.15) is 16.1 Å². The van der Waals surface area contributed by atoms with Gasteiger partial charge in [0, 0.05) is 5.69 Å². The molecule has 1 heterocycles. The van der Waals surface area contributed by atoms with Crippen molar-refractivity contribution in [3.05, 3.63) is 46.7 Å². The van der Waals surface area contributed by atoms with Crippen LogP contribution in [0.25, 0.3) is 0 Å². The van der Waals surface area contributed by atoms with Crippen molar-refractivity contribution in [1.29, 1.82) is 0 Å². The Balaban J connectivity index is 1.76. The van der Waals surface area contributed by atoms with Crippen molar-refractivity contribution in [2.24, 2.45) is 0 Å². The zero-order valence-corrected chi connectivity index (χ0v) is 13.7. The van der Waals surface area contributed by atoms with Crippen LogP contribution in [0.15, 0.2) is 41.8 Å². The molecule has 0 radical (unpaired) electrons. The molecule has 2 rings (SSSR count). The summed E-state index contributed by atoms with van der Waals surface area (Å²) in [7, 11) is 0. The van der Waals surface area contributed by atoms with E-state index in [-0.39, 0.29) is 24.7 Å². The van der Waals surface area contributed by atoms with E-state index in [1.807, 2.05) is 0 Å². The minimum Gasteiger partial charge on any atom is -0.426 e. The van der Waals surface area contributed by atoms with E-state index in [0.717, 1.165) is 0 Å². The molecule has 0 aliphatic heterocycles. The number of amides is 1. The summed E-state index contributed by atoms with van der Waals surface area (Å²) in [6.45, 7) is -1.79. The molecule has 0 aliphatic carbocycles. The Labute approximate surface area is 145 Å². The predicted molar refractivity (Wildman–Crippen MR) is 85.8 cm³/mol. The van der Waals surface area contributed by atoms with Gasteiger partial charge in [0.05, 0.1) is 17.9 Å². The number of carbonyl (C=O) groups excluding carboxylic acids is 2. The maximum absolute atomic E-state index is 11.9. The van der Waals surface area contributed by atoms with Gasteiger partial charge in [-0.05, 0) is 35.7 Å². The minimum absolute atomic E-state index is 0.218. The van der Waals surface area contributed by atoms with Gasteiger partial charge in [0.15, 0.2) is 0 Å². The molecule has 0 atom stereocenters. The van der Waals surface area contributed by atoms with E-state index in [1.165, 1.54) is 23.5 Å². The average molecular weight is 373 g/mol. The van der Waals surface area contributed by atoms with Crippen LogP contribution >= 0.6 is 11.3 Å². The van der Waals surface area contributed by atoms with E-state index in [0.29, 0.717) is 10.6 Å². The second-order valence-electron chi connectivity index (χ2n) is 4.85. The van der Waals surface area contributed by atoms with Crippen molar-refractivity contribution in [2.75, 3.05) is 18.5 Å². The van der Waals surface area contributed by atoms with Gasteiger partial charge in [0.1, 0.15) is 12.4 Å². The number of ether oxygens (including phenoxy) is 2. The lowest BCUT2D eigenvalue weighted by Crippen LogP contribution is -2.19. The quantitative estimate of drug-likeness (QED) is 0.455. The van der Waals surface area contributed by atoms with Crippen molar-refractivity contribution in [3.63, 3.8) is 0 Å². The normalized spacial score (nSPS) is 11.2. The maximum atomic E-state index is 11.9. The molecule has 1 aromatic carbocycles. The lowest BCUT2D eigenvalue weighted by Gasteiger charge is -2.08. The Morgan fingerprint density at radius 2 is 1.84 bits per heavy atom. The molecule has 1 N–H and O–H groups in total. The topological polar surface area (TPSA) is 64.6 Å². The van der Waals surface area contributed by atoms with E-state index in [2.05, 4.69) is 10.1 Å². The number of alkyl halides is 3. The highest BCUT2D eigenvalue weighted by Crippen LogP contribution is 2.18. The highest BCUT2D eigenvalue weighted by Gasteiger charge is 2.27. The number of thiophene rings is 1. The van der Waals surface area contributed by atoms with Gasteiger partial charge in [-0.2, -0.15) is 13.2 Å². The summed E-state index contributed by atoms with van der Waals surface area (Å²) in [5.41, 5.74) is 0.520. The third-order valence-corrected chi connectivity index (χ3v) is 3.67. The SMILES string of the molecule is O=C(CCOCC(F)(F)F)Oc1ccc(NC(=O)c2cccs2)cc1. The van der Waals surface area contributed by atoms with Crippen molar-refractivity contribution in [1.82, 2.24) is 0 Å². The van der Waals surface area contributed by atoms with Crippen LogP contribution in [-0.4, -0.2) is 31.3 Å². The third-order valence-electron chi connectivity index (χ3n) is 2.81. The van der Waals surface area contributed by atoms with Crippen LogP contribution in [-0.2, 0) is 9.53 Å². The molecule has 0 bridgehead atoms. The molecule has 2 aromatic rings. The molecule has 1 amide bonds. The summed E-state index contributed by atoms with van der Waals surface area (Å²) in [6.07, 6.45) is -4.72. The smallest absolute Gasteiger partial charge is 0.411 e. The Morgan fingerprint density at radius 3 is 2.44 bits per heavy atom. The fourth-order valence-electron chi connectivity index (χ4n) is 1.73. The summed E-state index contributed by atoms with van der Waals surface area (Å²) in [6, 6.07) is 9.50. The Kier molecular flexibility index (Phi) is 6.54. The molecule has 0 aliphatic rings. The number of nitrogens with one attached hydrogen (secondary N) is 1. The minimum atomic E-state index is -4.42. The number of esters is 1. The van der Waals surface area contributed by atoms with Crippen LogP contribution in [0.2, 0.25) is 0 Å². The second-order valence-corrected chi connectivity index (χ2v) is 5.80. The van der Waals surface area contributed by atoms with Gasteiger partial charge >= 0.3 is 12.1 Å². The Morgan fingerprint density at radius 1 is 1.12 bits per heavy atom. The molecule has 134 valence electrons. The molecular weight excluding hydrogens is 359 g/mol. The Hall–Kier alpha value is -2.39. The first-order valence-electron chi connectivity index (χ1n) is 7.13. The van der Waals surface area contributed by atoms with E-state index in [4.69, 9.17) is 4.74 Å². The zero-order valence-electron chi connectivity index (χ0n) is 12.8. The second kappa shape index (κ2) is 8.63. The van der Waals surface area contributed by atoms with Gasteiger partial charge in [0.2, 0.25) is 0 Å². The number of hydrogen-bond acceptors (Lipinski definition) is 5. The highest BCUT2D eigenvalue weighted by atomic mass is 32.1. The molecule has 5 nitrogen and oxygen atoms in total. The number of hydrogen-bond donors (Lipinski definition) is 1. The molecule has 1 aromatic heterocycles. The van der Waals surface area contributed by atoms with Gasteiger partial charge in [-0.1, -0.05) is 6.07 Å². The van der Waals surface area contributed by atoms with Gasteiger partial charge in [0.25, 0.3) is 5.91 Å². The fourth-order valence-corrected chi connectivity index (χ4v) is 2.35. The summed E-state index contributed by atoms with van der Waals surface area (Å²) in [5.74, 6) is -0.742. The van der Waals surface area contributed by atoms with Crippen molar-refractivity contribution in [3.8, 4) is 5.75 Å². The van der Waals surface area contributed by atoms with Gasteiger partial charge in [-0.3, -0.25) is 9.59 Å². The molecule has 0 fully saturated rings. The molecule has 0 saturated carbocycles. The summed E-state index contributed by atoms with van der Waals surface area (Å²) in [5, 5.41) is 4.47. The monoisotopic (exact) mass is 373 g/mol. The van der Waals surface area contributed by atoms with Gasteiger partial charge < -0.3 is 14.8 Å². The number of anilines is 1. The Bertz CT molecular complexity index is 699. The number of benzene rings is 1. The number of halogens is 3. The maximum Gasteiger partial charge on any atom is 0.411 e. The zero-order chi connectivity index (χ0) is 18.3. The summed E-state index contributed by atoms with van der Waals surface area (Å²) < 4.78 is 44.9. The molecule has 0 spiro atoms. The van der Waals surface area contributed by atoms with Crippen molar-refractivity contribution < 1.29 is 32.2 Å². The molecular formula is C16H14F3NO4S. The highest BCUT2D eigenvalue weighted by molar-refractivity contribution is 7.12. The van der Waals surface area contributed by atoms with Crippen LogP contribution in [0.3, 0.4) is 0 Å². The van der Waals surface area contributed by atoms with Crippen molar-refractivity contribution >= 4 is 28.9 Å². The van der Waals surface area contributed by atoms with E-state index < -0.39 is 18.8 Å². The van der Waals surface area contributed by atoms with E-state index >= 15 is 0 Å². The van der Waals surface area contributed by atoms with Gasteiger partial charge in [-0.15, -0.1) is 11.3 Å². The fraction of sp³-hybridized carbons (Fsp3) is 0.250. The summed E-state index contributed by atoms with van der Waals surface area (Å²) in [4.78, 5) is 23.9. The van der Waals surface area contributed by atoms with Crippen molar-refractivity contribution in [2.45, 2.75) is 12.6 Å². The van der Waals surface area contributed by atoms with Crippen LogP contribution in [0.5, 0.6) is 5.75 Å². The van der Waals surface area contributed by atoms with Crippen LogP contribution in [0, 0.1) is 0 Å². The lowest BCUT2D eigenvalue weighted by molar-refractivity contribution is -0.175. The molecule has 0 unspecified atom stereocenters. The first kappa shape index (κ1) is 18.9. The number of rotatable bonds is 7.